The highest BCUT2D eigenvalue weighted by atomic mass is 79.9. The van der Waals surface area contributed by atoms with Gasteiger partial charge in [-0.25, -0.2) is 0 Å². The van der Waals surface area contributed by atoms with E-state index in [4.69, 9.17) is 5.73 Å². The summed E-state index contributed by atoms with van der Waals surface area (Å²) >= 11 is 2.99. The summed E-state index contributed by atoms with van der Waals surface area (Å²) in [7, 11) is 0. The third kappa shape index (κ3) is 3.35. The molecule has 2 nitrogen and oxygen atoms in total. The van der Waals surface area contributed by atoms with Gasteiger partial charge in [0.2, 0.25) is 0 Å². The molecule has 0 saturated heterocycles. The molecule has 0 aromatic heterocycles. The van der Waals surface area contributed by atoms with Crippen LogP contribution in [0.5, 0.6) is 5.75 Å². The van der Waals surface area contributed by atoms with E-state index in [0.29, 0.717) is 6.42 Å². The van der Waals surface area contributed by atoms with Gasteiger partial charge in [0.05, 0.1) is 5.56 Å². The summed E-state index contributed by atoms with van der Waals surface area (Å²) in [4.78, 5) is 0. The van der Waals surface area contributed by atoms with Crippen LogP contribution in [0.4, 0.5) is 13.2 Å². The van der Waals surface area contributed by atoms with Crippen molar-refractivity contribution in [3.05, 3.63) is 27.7 Å². The lowest BCUT2D eigenvalue weighted by atomic mass is 9.99. The summed E-state index contributed by atoms with van der Waals surface area (Å²) in [6.45, 7) is 1.87. The van der Waals surface area contributed by atoms with Crippen LogP contribution >= 0.6 is 15.9 Å². The van der Waals surface area contributed by atoms with Gasteiger partial charge in [-0.3, -0.25) is 0 Å². The van der Waals surface area contributed by atoms with Crippen LogP contribution in [0.15, 0.2) is 16.6 Å². The quantitative estimate of drug-likeness (QED) is 0.887. The molecule has 1 aromatic rings. The molecule has 0 aliphatic carbocycles. The Morgan fingerprint density at radius 1 is 1.41 bits per heavy atom. The van der Waals surface area contributed by atoms with Crippen LogP contribution in [0, 0.1) is 0 Å². The highest BCUT2D eigenvalue weighted by molar-refractivity contribution is 9.10. The Morgan fingerprint density at radius 2 is 2.00 bits per heavy atom. The Morgan fingerprint density at radius 3 is 2.47 bits per heavy atom. The highest BCUT2D eigenvalue weighted by Crippen LogP contribution is 2.41. The van der Waals surface area contributed by atoms with E-state index < -0.39 is 23.5 Å². The molecule has 0 unspecified atom stereocenters. The third-order valence-corrected chi connectivity index (χ3v) is 2.87. The molecule has 96 valence electrons. The molecule has 1 aromatic carbocycles. The van der Waals surface area contributed by atoms with Gasteiger partial charge in [-0.05, 0) is 18.6 Å². The minimum Gasteiger partial charge on any atom is -0.507 e. The zero-order chi connectivity index (χ0) is 13.2. The van der Waals surface area contributed by atoms with E-state index in [1.54, 1.807) is 0 Å². The van der Waals surface area contributed by atoms with Crippen LogP contribution in [0.2, 0.25) is 0 Å². The molecule has 1 rings (SSSR count). The number of phenols is 1. The lowest BCUT2D eigenvalue weighted by Crippen LogP contribution is -2.13. The topological polar surface area (TPSA) is 46.2 Å². The first-order valence-corrected chi connectivity index (χ1v) is 5.91. The zero-order valence-corrected chi connectivity index (χ0v) is 10.8. The SMILES string of the molecule is CCC[C@@H](N)c1cc(Br)cc(C(F)(F)F)c1O. The van der Waals surface area contributed by atoms with E-state index in [-0.39, 0.29) is 10.0 Å². The summed E-state index contributed by atoms with van der Waals surface area (Å²) in [5.74, 6) is -0.776. The van der Waals surface area contributed by atoms with Gasteiger partial charge < -0.3 is 10.8 Å². The summed E-state index contributed by atoms with van der Waals surface area (Å²) in [6.07, 6.45) is -3.34. The first kappa shape index (κ1) is 14.3. The fraction of sp³-hybridized carbons (Fsp3) is 0.455. The van der Waals surface area contributed by atoms with Crippen molar-refractivity contribution in [2.45, 2.75) is 32.0 Å². The molecule has 6 heteroatoms. The van der Waals surface area contributed by atoms with Crippen molar-refractivity contribution in [1.29, 1.82) is 0 Å². The highest BCUT2D eigenvalue weighted by Gasteiger charge is 2.35. The van der Waals surface area contributed by atoms with Crippen LogP contribution < -0.4 is 5.73 Å². The number of nitrogens with two attached hydrogens (primary N) is 1. The van der Waals surface area contributed by atoms with Crippen molar-refractivity contribution in [1.82, 2.24) is 0 Å². The smallest absolute Gasteiger partial charge is 0.420 e. The van der Waals surface area contributed by atoms with Crippen molar-refractivity contribution >= 4 is 15.9 Å². The number of rotatable bonds is 3. The average Bonchev–Trinajstić information content (AvgIpc) is 2.19. The number of hydrogen-bond acceptors (Lipinski definition) is 2. The van der Waals surface area contributed by atoms with Crippen molar-refractivity contribution < 1.29 is 18.3 Å². The van der Waals surface area contributed by atoms with Gasteiger partial charge in [-0.15, -0.1) is 0 Å². The van der Waals surface area contributed by atoms with Gasteiger partial charge in [0.1, 0.15) is 5.75 Å². The second kappa shape index (κ2) is 5.27. The predicted molar refractivity (Wildman–Crippen MR) is 62.6 cm³/mol. The average molecular weight is 312 g/mol. The molecule has 0 aliphatic rings. The molecule has 17 heavy (non-hydrogen) atoms. The van der Waals surface area contributed by atoms with E-state index >= 15 is 0 Å². The molecule has 0 heterocycles. The Hall–Kier alpha value is -0.750. The number of phenolic OH excluding ortho intramolecular Hbond substituents is 1. The molecular weight excluding hydrogens is 299 g/mol. The third-order valence-electron chi connectivity index (χ3n) is 2.41. The molecule has 0 bridgehead atoms. The Kier molecular flexibility index (Phi) is 4.43. The van der Waals surface area contributed by atoms with Crippen molar-refractivity contribution in [3.8, 4) is 5.75 Å². The van der Waals surface area contributed by atoms with E-state index in [0.717, 1.165) is 12.5 Å². The molecule has 0 spiro atoms. The molecule has 0 radical (unpaired) electrons. The van der Waals surface area contributed by atoms with Crippen LogP contribution in [-0.2, 0) is 6.18 Å². The predicted octanol–water partition coefficient (Wildman–Crippen LogP) is 3.97. The number of halogens is 4. The normalized spacial score (nSPS) is 13.8. The molecule has 0 amide bonds. The summed E-state index contributed by atoms with van der Waals surface area (Å²) in [5, 5.41) is 9.63. The molecule has 0 aliphatic heterocycles. The molecule has 0 saturated carbocycles. The largest absolute Gasteiger partial charge is 0.507 e. The number of alkyl halides is 3. The summed E-state index contributed by atoms with van der Waals surface area (Å²) in [5.41, 5.74) is 4.80. The van der Waals surface area contributed by atoms with Crippen LogP contribution in [-0.4, -0.2) is 5.11 Å². The van der Waals surface area contributed by atoms with E-state index in [1.807, 2.05) is 6.92 Å². The minimum absolute atomic E-state index is 0.119. The van der Waals surface area contributed by atoms with Crippen molar-refractivity contribution in [2.75, 3.05) is 0 Å². The Bertz CT molecular complexity index is 406. The Labute approximate surface area is 106 Å². The summed E-state index contributed by atoms with van der Waals surface area (Å²) in [6, 6.07) is 1.67. The van der Waals surface area contributed by atoms with Gasteiger partial charge >= 0.3 is 6.18 Å². The van der Waals surface area contributed by atoms with Gasteiger partial charge in [0, 0.05) is 16.1 Å². The maximum absolute atomic E-state index is 12.6. The van der Waals surface area contributed by atoms with Gasteiger partial charge in [0.25, 0.3) is 0 Å². The van der Waals surface area contributed by atoms with Crippen LogP contribution in [0.25, 0.3) is 0 Å². The van der Waals surface area contributed by atoms with Gasteiger partial charge in [0.15, 0.2) is 0 Å². The standard InChI is InChI=1S/C11H13BrF3NO/c1-2-3-9(16)7-4-6(12)5-8(10(7)17)11(13,14)15/h4-5,9,17H,2-3,16H2,1H3/t9-/m1/s1. The van der Waals surface area contributed by atoms with E-state index in [1.165, 1.54) is 6.07 Å². The minimum atomic E-state index is -4.59. The van der Waals surface area contributed by atoms with Crippen LogP contribution in [0.3, 0.4) is 0 Å². The van der Waals surface area contributed by atoms with Gasteiger partial charge in [-0.1, -0.05) is 29.3 Å². The molecular formula is C11H13BrF3NO. The number of aromatic hydroxyl groups is 1. The zero-order valence-electron chi connectivity index (χ0n) is 9.18. The molecule has 1 atom stereocenters. The van der Waals surface area contributed by atoms with E-state index in [9.17, 15) is 18.3 Å². The van der Waals surface area contributed by atoms with Crippen molar-refractivity contribution in [2.24, 2.45) is 5.73 Å². The fourth-order valence-corrected chi connectivity index (χ4v) is 2.06. The Balaban J connectivity index is 3.28. The molecule has 3 N–H and O–H groups in total. The van der Waals surface area contributed by atoms with Gasteiger partial charge in [-0.2, -0.15) is 13.2 Å². The second-order valence-electron chi connectivity index (χ2n) is 3.78. The summed E-state index contributed by atoms with van der Waals surface area (Å²) < 4.78 is 38.2. The second-order valence-corrected chi connectivity index (χ2v) is 4.70. The van der Waals surface area contributed by atoms with Crippen LogP contribution in [0.1, 0.15) is 36.9 Å². The van der Waals surface area contributed by atoms with Crippen molar-refractivity contribution in [3.63, 3.8) is 0 Å². The number of benzene rings is 1. The molecule has 0 fully saturated rings. The fourth-order valence-electron chi connectivity index (χ4n) is 1.59. The number of hydrogen-bond donors (Lipinski definition) is 2. The first-order chi connectivity index (χ1) is 7.77. The maximum Gasteiger partial charge on any atom is 0.420 e. The van der Waals surface area contributed by atoms with E-state index in [2.05, 4.69) is 15.9 Å². The maximum atomic E-state index is 12.6. The first-order valence-electron chi connectivity index (χ1n) is 5.12. The lowest BCUT2D eigenvalue weighted by Gasteiger charge is -2.17. The monoisotopic (exact) mass is 311 g/mol. The lowest BCUT2D eigenvalue weighted by molar-refractivity contribution is -0.138.